The minimum Gasteiger partial charge on any atom is -0.481 e. The first-order valence-electron chi connectivity index (χ1n) is 6.99. The highest BCUT2D eigenvalue weighted by atomic mass is 32.1. The molecule has 110 valence electrons. The molecule has 0 aromatic carbocycles. The van der Waals surface area contributed by atoms with Gasteiger partial charge in [0.25, 0.3) is 5.91 Å². The summed E-state index contributed by atoms with van der Waals surface area (Å²) in [6.45, 7) is 5.01. The maximum absolute atomic E-state index is 12.4. The van der Waals surface area contributed by atoms with Crippen molar-refractivity contribution in [2.24, 2.45) is 11.8 Å². The van der Waals surface area contributed by atoms with Gasteiger partial charge in [-0.3, -0.25) is 9.59 Å². The second-order valence-corrected chi connectivity index (χ2v) is 6.45. The maximum Gasteiger partial charge on any atom is 0.306 e. The van der Waals surface area contributed by atoms with Crippen LogP contribution in [0.1, 0.15) is 41.4 Å². The van der Waals surface area contributed by atoms with Gasteiger partial charge in [0.15, 0.2) is 0 Å². The Morgan fingerprint density at radius 1 is 1.55 bits per heavy atom. The molecule has 1 aliphatic heterocycles. The molecule has 2 rings (SSSR count). The number of hydrogen-bond donors (Lipinski definition) is 1. The second kappa shape index (κ2) is 6.35. The quantitative estimate of drug-likeness (QED) is 0.925. The fraction of sp³-hybridized carbons (Fsp3) is 0.643. The van der Waals surface area contributed by atoms with Crippen LogP contribution in [0, 0.1) is 11.8 Å². The van der Waals surface area contributed by atoms with Gasteiger partial charge in [0.05, 0.1) is 17.1 Å². The van der Waals surface area contributed by atoms with Gasteiger partial charge >= 0.3 is 5.97 Å². The molecule has 1 N–H and O–H groups in total. The largest absolute Gasteiger partial charge is 0.481 e. The molecule has 0 spiro atoms. The van der Waals surface area contributed by atoms with E-state index in [1.54, 1.807) is 11.1 Å². The molecule has 2 atom stereocenters. The molecule has 0 saturated carbocycles. The second-order valence-electron chi connectivity index (χ2n) is 5.33. The molecule has 1 saturated heterocycles. The molecule has 2 unspecified atom stereocenters. The number of aryl methyl sites for hydroxylation is 1. The van der Waals surface area contributed by atoms with Gasteiger partial charge in [0, 0.05) is 13.1 Å². The third kappa shape index (κ3) is 3.17. The van der Waals surface area contributed by atoms with E-state index in [4.69, 9.17) is 5.11 Å². The molecular formula is C14H20N2O3S. The Bertz CT molecular complexity index is 500. The molecule has 0 radical (unpaired) electrons. The van der Waals surface area contributed by atoms with E-state index in [1.165, 1.54) is 11.3 Å². The molecular weight excluding hydrogens is 276 g/mol. The van der Waals surface area contributed by atoms with Gasteiger partial charge in [-0.05, 0) is 25.2 Å². The number of carboxylic acid groups (broad SMARTS) is 1. The first-order chi connectivity index (χ1) is 9.52. The summed E-state index contributed by atoms with van der Waals surface area (Å²) in [6, 6.07) is 0. The van der Waals surface area contributed by atoms with E-state index in [0.717, 1.165) is 17.8 Å². The normalized spacial score (nSPS) is 22.8. The summed E-state index contributed by atoms with van der Waals surface area (Å²) in [5.41, 5.74) is 0. The Kier molecular flexibility index (Phi) is 4.75. The van der Waals surface area contributed by atoms with Crippen LogP contribution < -0.4 is 0 Å². The smallest absolute Gasteiger partial charge is 0.306 e. The van der Waals surface area contributed by atoms with E-state index in [1.807, 2.05) is 6.92 Å². The minimum atomic E-state index is -0.757. The van der Waals surface area contributed by atoms with E-state index in [-0.39, 0.29) is 17.7 Å². The summed E-state index contributed by atoms with van der Waals surface area (Å²) in [5, 5.41) is 10.1. The van der Waals surface area contributed by atoms with Crippen molar-refractivity contribution in [2.45, 2.75) is 33.1 Å². The van der Waals surface area contributed by atoms with Crippen molar-refractivity contribution >= 4 is 23.2 Å². The number of nitrogens with zero attached hydrogens (tertiary/aromatic N) is 2. The summed E-state index contributed by atoms with van der Waals surface area (Å²) >= 11 is 1.45. The first-order valence-corrected chi connectivity index (χ1v) is 7.81. The number of rotatable bonds is 4. The van der Waals surface area contributed by atoms with Crippen molar-refractivity contribution in [2.75, 3.05) is 13.1 Å². The van der Waals surface area contributed by atoms with Crippen molar-refractivity contribution < 1.29 is 14.7 Å². The SMILES string of the molecule is CCCc1ncc(C(=O)N2CCC(C(=O)O)C(C)C2)s1. The molecule has 1 aliphatic rings. The Morgan fingerprint density at radius 2 is 2.30 bits per heavy atom. The van der Waals surface area contributed by atoms with Gasteiger partial charge in [-0.2, -0.15) is 0 Å². The Balaban J connectivity index is 2.01. The number of aromatic nitrogens is 1. The average Bonchev–Trinajstić information content (AvgIpc) is 2.86. The molecule has 2 heterocycles. The lowest BCUT2D eigenvalue weighted by atomic mass is 9.87. The van der Waals surface area contributed by atoms with Crippen LogP contribution in [0.3, 0.4) is 0 Å². The number of likely N-dealkylation sites (tertiary alicyclic amines) is 1. The third-order valence-electron chi connectivity index (χ3n) is 3.74. The van der Waals surface area contributed by atoms with Gasteiger partial charge in [-0.1, -0.05) is 13.8 Å². The minimum absolute atomic E-state index is 0.00627. The predicted molar refractivity (Wildman–Crippen MR) is 76.9 cm³/mol. The van der Waals surface area contributed by atoms with Crippen LogP contribution in [0.2, 0.25) is 0 Å². The van der Waals surface area contributed by atoms with Crippen molar-refractivity contribution in [1.82, 2.24) is 9.88 Å². The molecule has 5 nitrogen and oxygen atoms in total. The van der Waals surface area contributed by atoms with E-state index in [0.29, 0.717) is 24.4 Å². The lowest BCUT2D eigenvalue weighted by Gasteiger charge is -2.34. The van der Waals surface area contributed by atoms with Crippen LogP contribution >= 0.6 is 11.3 Å². The zero-order valence-electron chi connectivity index (χ0n) is 11.8. The van der Waals surface area contributed by atoms with Crippen molar-refractivity contribution in [3.8, 4) is 0 Å². The molecule has 1 aromatic rings. The number of carbonyl (C=O) groups is 2. The highest BCUT2D eigenvalue weighted by Crippen LogP contribution is 2.26. The average molecular weight is 296 g/mol. The number of carbonyl (C=O) groups excluding carboxylic acids is 1. The number of amides is 1. The zero-order valence-corrected chi connectivity index (χ0v) is 12.7. The third-order valence-corrected chi connectivity index (χ3v) is 4.78. The summed E-state index contributed by atoms with van der Waals surface area (Å²) in [7, 11) is 0. The molecule has 6 heteroatoms. The number of aliphatic carboxylic acids is 1. The monoisotopic (exact) mass is 296 g/mol. The fourth-order valence-electron chi connectivity index (χ4n) is 2.59. The Hall–Kier alpha value is -1.43. The van der Waals surface area contributed by atoms with Crippen LogP contribution in [0.15, 0.2) is 6.20 Å². The van der Waals surface area contributed by atoms with Crippen LogP contribution in [0.5, 0.6) is 0 Å². The molecule has 0 bridgehead atoms. The molecule has 0 aliphatic carbocycles. The number of piperidine rings is 1. The predicted octanol–water partition coefficient (Wildman–Crippen LogP) is 2.28. The lowest BCUT2D eigenvalue weighted by molar-refractivity contribution is -0.145. The summed E-state index contributed by atoms with van der Waals surface area (Å²) in [5.74, 6) is -1.11. The maximum atomic E-state index is 12.4. The highest BCUT2D eigenvalue weighted by molar-refractivity contribution is 7.13. The van der Waals surface area contributed by atoms with Crippen molar-refractivity contribution in [3.05, 3.63) is 16.1 Å². The summed E-state index contributed by atoms with van der Waals surface area (Å²) in [4.78, 5) is 30.1. The van der Waals surface area contributed by atoms with Crippen molar-refractivity contribution in [3.63, 3.8) is 0 Å². The molecule has 20 heavy (non-hydrogen) atoms. The Morgan fingerprint density at radius 3 is 2.90 bits per heavy atom. The fourth-order valence-corrected chi connectivity index (χ4v) is 3.58. The molecule has 1 aromatic heterocycles. The van der Waals surface area contributed by atoms with Gasteiger partial charge in [0.1, 0.15) is 4.88 Å². The zero-order chi connectivity index (χ0) is 14.7. The van der Waals surface area contributed by atoms with Crippen LogP contribution in [-0.2, 0) is 11.2 Å². The summed E-state index contributed by atoms with van der Waals surface area (Å²) in [6.07, 6.45) is 4.09. The lowest BCUT2D eigenvalue weighted by Crippen LogP contribution is -2.44. The number of carboxylic acids is 1. The number of thiazole rings is 1. The van der Waals surface area contributed by atoms with Gasteiger partial charge in [0.2, 0.25) is 0 Å². The molecule has 1 amide bonds. The van der Waals surface area contributed by atoms with Gasteiger partial charge in [-0.25, -0.2) is 4.98 Å². The van der Waals surface area contributed by atoms with E-state index >= 15 is 0 Å². The van der Waals surface area contributed by atoms with E-state index in [2.05, 4.69) is 11.9 Å². The first kappa shape index (κ1) is 15.0. The van der Waals surface area contributed by atoms with Gasteiger partial charge < -0.3 is 10.0 Å². The Labute approximate surface area is 122 Å². The van der Waals surface area contributed by atoms with Crippen LogP contribution in [-0.4, -0.2) is 40.0 Å². The number of hydrogen-bond acceptors (Lipinski definition) is 4. The van der Waals surface area contributed by atoms with E-state index in [9.17, 15) is 9.59 Å². The van der Waals surface area contributed by atoms with Gasteiger partial charge in [-0.15, -0.1) is 11.3 Å². The topological polar surface area (TPSA) is 70.5 Å². The van der Waals surface area contributed by atoms with E-state index < -0.39 is 5.97 Å². The standard InChI is InChI=1S/C14H20N2O3S/c1-3-4-12-15-7-11(20-12)13(17)16-6-5-10(14(18)19)9(2)8-16/h7,9-10H,3-6,8H2,1-2H3,(H,18,19). The highest BCUT2D eigenvalue weighted by Gasteiger charge is 2.33. The van der Waals surface area contributed by atoms with Crippen LogP contribution in [0.25, 0.3) is 0 Å². The summed E-state index contributed by atoms with van der Waals surface area (Å²) < 4.78 is 0. The molecule has 1 fully saturated rings. The van der Waals surface area contributed by atoms with Crippen molar-refractivity contribution in [1.29, 1.82) is 0 Å². The van der Waals surface area contributed by atoms with Crippen LogP contribution in [0.4, 0.5) is 0 Å².